The van der Waals surface area contributed by atoms with Crippen molar-refractivity contribution in [1.29, 1.82) is 5.26 Å². The van der Waals surface area contributed by atoms with E-state index in [0.29, 0.717) is 17.0 Å². The lowest BCUT2D eigenvalue weighted by Crippen LogP contribution is -2.23. The van der Waals surface area contributed by atoms with Crippen LogP contribution in [0.25, 0.3) is 5.70 Å². The minimum Gasteiger partial charge on any atom is -0.457 e. The van der Waals surface area contributed by atoms with E-state index in [0.717, 1.165) is 5.75 Å². The van der Waals surface area contributed by atoms with Crippen LogP contribution in [0.1, 0.15) is 11.1 Å². The van der Waals surface area contributed by atoms with Gasteiger partial charge in [-0.15, -0.1) is 0 Å². The Bertz CT molecular complexity index is 682. The highest BCUT2D eigenvalue weighted by molar-refractivity contribution is 5.68. The fourth-order valence-corrected chi connectivity index (χ4v) is 1.76. The summed E-state index contributed by atoms with van der Waals surface area (Å²) in [5.41, 5.74) is 10.4. The van der Waals surface area contributed by atoms with E-state index >= 15 is 0 Å². The molecule has 0 radical (unpaired) electrons. The Morgan fingerprint density at radius 2 is 1.57 bits per heavy atom. The number of hydrogen-bond donors (Lipinski definition) is 3. The van der Waals surface area contributed by atoms with Crippen molar-refractivity contribution in [2.45, 2.75) is 6.92 Å². The Labute approximate surface area is 123 Å². The lowest BCUT2D eigenvalue weighted by atomic mass is 10.1. The first-order valence-electron chi connectivity index (χ1n) is 6.35. The molecule has 2 aromatic carbocycles. The lowest BCUT2D eigenvalue weighted by Gasteiger charge is -2.08. The van der Waals surface area contributed by atoms with Crippen molar-refractivity contribution in [3.63, 3.8) is 0 Å². The SMILES string of the molecule is Cc1ccc(Oc2ccc(/C(N)=C(\C#N)NN)cc2)cc1. The van der Waals surface area contributed by atoms with Gasteiger partial charge in [-0.1, -0.05) is 17.7 Å². The number of ether oxygens (including phenoxy) is 1. The molecule has 0 saturated carbocycles. The molecular formula is C16H16N4O. The monoisotopic (exact) mass is 280 g/mol. The predicted molar refractivity (Wildman–Crippen MR) is 81.7 cm³/mol. The lowest BCUT2D eigenvalue weighted by molar-refractivity contribution is 0.482. The summed E-state index contributed by atoms with van der Waals surface area (Å²) in [6.07, 6.45) is 0. The van der Waals surface area contributed by atoms with Gasteiger partial charge in [0.2, 0.25) is 0 Å². The molecular weight excluding hydrogens is 264 g/mol. The molecule has 0 aliphatic carbocycles. The summed E-state index contributed by atoms with van der Waals surface area (Å²) in [5.74, 6) is 6.68. The highest BCUT2D eigenvalue weighted by Gasteiger charge is 2.05. The molecule has 5 N–H and O–H groups in total. The molecule has 106 valence electrons. The second-order valence-corrected chi connectivity index (χ2v) is 4.48. The molecule has 0 bridgehead atoms. The summed E-state index contributed by atoms with van der Waals surface area (Å²) in [6, 6.07) is 16.8. The van der Waals surface area contributed by atoms with Gasteiger partial charge in [-0.05, 0) is 43.3 Å². The second kappa shape index (κ2) is 6.46. The third kappa shape index (κ3) is 3.53. The topological polar surface area (TPSA) is 97.1 Å². The van der Waals surface area contributed by atoms with E-state index in [9.17, 15) is 0 Å². The minimum atomic E-state index is 0.127. The molecule has 2 aromatic rings. The first-order valence-corrected chi connectivity index (χ1v) is 6.35. The van der Waals surface area contributed by atoms with Crippen molar-refractivity contribution in [2.75, 3.05) is 0 Å². The first kappa shape index (κ1) is 14.4. The van der Waals surface area contributed by atoms with Gasteiger partial charge in [0.05, 0.1) is 5.70 Å². The first-order chi connectivity index (χ1) is 10.1. The van der Waals surface area contributed by atoms with Gasteiger partial charge in [-0.25, -0.2) is 5.84 Å². The highest BCUT2D eigenvalue weighted by Crippen LogP contribution is 2.23. The fraction of sp³-hybridized carbons (Fsp3) is 0.0625. The maximum absolute atomic E-state index is 8.87. The van der Waals surface area contributed by atoms with Crippen molar-refractivity contribution in [1.82, 2.24) is 5.43 Å². The number of benzene rings is 2. The van der Waals surface area contributed by atoms with Crippen LogP contribution >= 0.6 is 0 Å². The zero-order valence-electron chi connectivity index (χ0n) is 11.6. The molecule has 0 fully saturated rings. The number of nitriles is 1. The summed E-state index contributed by atoms with van der Waals surface area (Å²) < 4.78 is 5.72. The van der Waals surface area contributed by atoms with Crippen molar-refractivity contribution in [3.05, 3.63) is 65.4 Å². The van der Waals surface area contributed by atoms with Gasteiger partial charge in [0.1, 0.15) is 17.6 Å². The van der Waals surface area contributed by atoms with E-state index in [-0.39, 0.29) is 5.70 Å². The zero-order chi connectivity index (χ0) is 15.2. The predicted octanol–water partition coefficient (Wildman–Crippen LogP) is 2.40. The van der Waals surface area contributed by atoms with Crippen LogP contribution in [0.5, 0.6) is 11.5 Å². The van der Waals surface area contributed by atoms with Crippen LogP contribution in [0, 0.1) is 18.3 Å². The number of aryl methyl sites for hydroxylation is 1. The van der Waals surface area contributed by atoms with E-state index in [1.165, 1.54) is 5.56 Å². The number of hydrazine groups is 1. The van der Waals surface area contributed by atoms with Gasteiger partial charge >= 0.3 is 0 Å². The molecule has 0 saturated heterocycles. The molecule has 5 heteroatoms. The molecule has 0 unspecified atom stereocenters. The molecule has 0 amide bonds. The maximum Gasteiger partial charge on any atom is 0.151 e. The number of nitrogens with two attached hydrogens (primary N) is 2. The summed E-state index contributed by atoms with van der Waals surface area (Å²) in [4.78, 5) is 0. The van der Waals surface area contributed by atoms with Crippen molar-refractivity contribution in [3.8, 4) is 17.6 Å². The Balaban J connectivity index is 2.18. The molecule has 5 nitrogen and oxygen atoms in total. The maximum atomic E-state index is 8.87. The number of allylic oxidation sites excluding steroid dienone is 1. The molecule has 0 spiro atoms. The van der Waals surface area contributed by atoms with Gasteiger partial charge in [-0.3, -0.25) is 0 Å². The van der Waals surface area contributed by atoms with Crippen molar-refractivity contribution >= 4 is 5.70 Å². The fourth-order valence-electron chi connectivity index (χ4n) is 1.76. The van der Waals surface area contributed by atoms with Crippen molar-refractivity contribution in [2.24, 2.45) is 11.6 Å². The number of rotatable bonds is 4. The highest BCUT2D eigenvalue weighted by atomic mass is 16.5. The normalized spacial score (nSPS) is 11.3. The molecule has 0 aliphatic heterocycles. The Kier molecular flexibility index (Phi) is 4.44. The standard InChI is InChI=1S/C16H16N4O/c1-11-2-6-13(7-3-11)21-14-8-4-12(5-9-14)16(18)15(10-17)20-19/h2-9,20H,18-19H2,1H3/b16-15-. The van der Waals surface area contributed by atoms with Crippen LogP contribution in [0.4, 0.5) is 0 Å². The van der Waals surface area contributed by atoms with E-state index < -0.39 is 0 Å². The summed E-state index contributed by atoms with van der Waals surface area (Å²) in [5, 5.41) is 8.87. The third-order valence-electron chi connectivity index (χ3n) is 2.95. The minimum absolute atomic E-state index is 0.127. The van der Waals surface area contributed by atoms with Crippen LogP contribution in [0.3, 0.4) is 0 Å². The third-order valence-corrected chi connectivity index (χ3v) is 2.95. The second-order valence-electron chi connectivity index (χ2n) is 4.48. The number of nitrogens with one attached hydrogen (secondary N) is 1. The number of nitrogens with zero attached hydrogens (tertiary/aromatic N) is 1. The molecule has 0 aromatic heterocycles. The summed E-state index contributed by atoms with van der Waals surface area (Å²) in [7, 11) is 0. The van der Waals surface area contributed by atoms with Crippen LogP contribution in [-0.2, 0) is 0 Å². The average Bonchev–Trinajstić information content (AvgIpc) is 2.51. The van der Waals surface area contributed by atoms with E-state index in [1.807, 2.05) is 37.3 Å². The van der Waals surface area contributed by atoms with E-state index in [4.69, 9.17) is 21.6 Å². The van der Waals surface area contributed by atoms with Gasteiger partial charge in [0.25, 0.3) is 0 Å². The number of hydrogen-bond acceptors (Lipinski definition) is 5. The summed E-state index contributed by atoms with van der Waals surface area (Å²) in [6.45, 7) is 2.02. The Hall–Kier alpha value is -2.97. The van der Waals surface area contributed by atoms with Gasteiger partial charge < -0.3 is 15.9 Å². The van der Waals surface area contributed by atoms with Gasteiger partial charge in [0, 0.05) is 5.56 Å². The van der Waals surface area contributed by atoms with Crippen LogP contribution in [0.2, 0.25) is 0 Å². The van der Waals surface area contributed by atoms with E-state index in [2.05, 4.69) is 5.43 Å². The molecule has 0 atom stereocenters. The van der Waals surface area contributed by atoms with Gasteiger partial charge in [-0.2, -0.15) is 5.26 Å². The quantitative estimate of drug-likeness (QED) is 0.454. The van der Waals surface area contributed by atoms with E-state index in [1.54, 1.807) is 24.3 Å². The average molecular weight is 280 g/mol. The largest absolute Gasteiger partial charge is 0.457 e. The molecule has 21 heavy (non-hydrogen) atoms. The van der Waals surface area contributed by atoms with Crippen LogP contribution in [-0.4, -0.2) is 0 Å². The molecule has 2 rings (SSSR count). The van der Waals surface area contributed by atoms with Crippen molar-refractivity contribution < 1.29 is 4.74 Å². The zero-order valence-corrected chi connectivity index (χ0v) is 11.6. The smallest absolute Gasteiger partial charge is 0.151 e. The Morgan fingerprint density at radius 3 is 2.05 bits per heavy atom. The molecule has 0 aliphatic rings. The Morgan fingerprint density at radius 1 is 1.05 bits per heavy atom. The van der Waals surface area contributed by atoms with Crippen LogP contribution in [0.15, 0.2) is 54.2 Å². The van der Waals surface area contributed by atoms with Crippen LogP contribution < -0.4 is 21.7 Å². The van der Waals surface area contributed by atoms with Gasteiger partial charge in [0.15, 0.2) is 5.70 Å². The molecule has 0 heterocycles. The summed E-state index contributed by atoms with van der Waals surface area (Å²) >= 11 is 0.